The highest BCUT2D eigenvalue weighted by atomic mass is 35.5. The van der Waals surface area contributed by atoms with E-state index in [-0.39, 0.29) is 12.4 Å². The Bertz CT molecular complexity index is 304. The van der Waals surface area contributed by atoms with Crippen LogP contribution in [0.4, 0.5) is 0 Å². The molecule has 0 radical (unpaired) electrons. The molecule has 17 heavy (non-hydrogen) atoms. The summed E-state index contributed by atoms with van der Waals surface area (Å²) in [6.45, 7) is 3.78. The summed E-state index contributed by atoms with van der Waals surface area (Å²) in [6, 6.07) is 10.1. The molecule has 1 N–H and O–H groups in total. The first-order valence-corrected chi connectivity index (χ1v) is 5.65. The van der Waals surface area contributed by atoms with Gasteiger partial charge in [-0.25, -0.2) is 0 Å². The van der Waals surface area contributed by atoms with Crippen LogP contribution in [-0.4, -0.2) is 19.1 Å². The Morgan fingerprint density at radius 2 is 1.94 bits per heavy atom. The van der Waals surface area contributed by atoms with Gasteiger partial charge in [-0.3, -0.25) is 5.41 Å². The summed E-state index contributed by atoms with van der Waals surface area (Å²) in [4.78, 5) is 0. The molecule has 0 atom stereocenters. The van der Waals surface area contributed by atoms with E-state index in [9.17, 15) is 0 Å². The predicted molar refractivity (Wildman–Crippen MR) is 71.9 cm³/mol. The molecule has 3 nitrogen and oxygen atoms in total. The van der Waals surface area contributed by atoms with Crippen LogP contribution in [0.2, 0.25) is 0 Å². The Morgan fingerprint density at radius 1 is 1.24 bits per heavy atom. The number of rotatable bonds is 7. The molecule has 0 amide bonds. The molecule has 0 aromatic heterocycles. The molecule has 0 saturated heterocycles. The van der Waals surface area contributed by atoms with Gasteiger partial charge in [-0.2, -0.15) is 0 Å². The van der Waals surface area contributed by atoms with Crippen molar-refractivity contribution in [3.63, 3.8) is 0 Å². The lowest BCUT2D eigenvalue weighted by molar-refractivity contribution is 0.118. The van der Waals surface area contributed by atoms with Gasteiger partial charge in [0.2, 0.25) is 0 Å². The second-order valence-electron chi connectivity index (χ2n) is 3.50. The molecule has 4 heteroatoms. The molecule has 1 rings (SSSR count). The topological polar surface area (TPSA) is 42.3 Å². The standard InChI is InChI=1S/C13H19NO2.ClH/c1-2-16-13(14)9-6-10-15-11-12-7-4-3-5-8-12;/h3-5,7-8,14H,2,6,9-11H2,1H3;1H. The Kier molecular flexibility index (Phi) is 9.49. The van der Waals surface area contributed by atoms with E-state index in [4.69, 9.17) is 14.9 Å². The molecule has 0 aliphatic carbocycles. The average Bonchev–Trinajstić information content (AvgIpc) is 2.30. The molecule has 0 heterocycles. The predicted octanol–water partition coefficient (Wildman–Crippen LogP) is 3.42. The number of benzene rings is 1. The lowest BCUT2D eigenvalue weighted by atomic mass is 10.2. The first-order chi connectivity index (χ1) is 7.83. The molecule has 0 bridgehead atoms. The molecule has 0 spiro atoms. The van der Waals surface area contributed by atoms with Gasteiger partial charge in [-0.1, -0.05) is 30.3 Å². The molecule has 96 valence electrons. The van der Waals surface area contributed by atoms with Crippen molar-refractivity contribution in [2.24, 2.45) is 0 Å². The summed E-state index contributed by atoms with van der Waals surface area (Å²) in [5.41, 5.74) is 1.18. The molecule has 1 aromatic rings. The van der Waals surface area contributed by atoms with Crippen LogP contribution in [-0.2, 0) is 16.1 Å². The smallest absolute Gasteiger partial charge is 0.180 e. The van der Waals surface area contributed by atoms with E-state index in [0.29, 0.717) is 32.1 Å². The van der Waals surface area contributed by atoms with Crippen LogP contribution in [0, 0.1) is 5.41 Å². The Balaban J connectivity index is 0.00000256. The Labute approximate surface area is 109 Å². The normalized spacial score (nSPS) is 9.47. The Morgan fingerprint density at radius 3 is 2.59 bits per heavy atom. The largest absolute Gasteiger partial charge is 0.481 e. The van der Waals surface area contributed by atoms with Crippen LogP contribution < -0.4 is 0 Å². The van der Waals surface area contributed by atoms with E-state index in [0.717, 1.165) is 6.42 Å². The van der Waals surface area contributed by atoms with Gasteiger partial charge >= 0.3 is 0 Å². The van der Waals surface area contributed by atoms with Crippen molar-refractivity contribution >= 4 is 18.3 Å². The maximum absolute atomic E-state index is 7.41. The summed E-state index contributed by atoms with van der Waals surface area (Å²) >= 11 is 0. The summed E-state index contributed by atoms with van der Waals surface area (Å²) in [6.07, 6.45) is 1.49. The molecular weight excluding hydrogens is 238 g/mol. The zero-order valence-corrected chi connectivity index (χ0v) is 11.0. The molecule has 0 fully saturated rings. The van der Waals surface area contributed by atoms with Gasteiger partial charge in [-0.15, -0.1) is 12.4 Å². The number of ether oxygens (including phenoxy) is 2. The fourth-order valence-electron chi connectivity index (χ4n) is 1.35. The Hall–Kier alpha value is -1.06. The van der Waals surface area contributed by atoms with E-state index >= 15 is 0 Å². The number of halogens is 1. The van der Waals surface area contributed by atoms with E-state index in [1.807, 2.05) is 37.3 Å². The minimum absolute atomic E-state index is 0. The van der Waals surface area contributed by atoms with Crippen LogP contribution in [0.3, 0.4) is 0 Å². The van der Waals surface area contributed by atoms with Gasteiger partial charge in [0.25, 0.3) is 0 Å². The minimum atomic E-state index is 0. The third-order valence-corrected chi connectivity index (χ3v) is 2.12. The van der Waals surface area contributed by atoms with Crippen molar-refractivity contribution in [3.8, 4) is 0 Å². The van der Waals surface area contributed by atoms with Crippen LogP contribution in [0.25, 0.3) is 0 Å². The molecular formula is C13H20ClNO2. The molecule has 0 unspecified atom stereocenters. The van der Waals surface area contributed by atoms with Gasteiger partial charge in [0.05, 0.1) is 13.2 Å². The molecule has 0 aliphatic heterocycles. The maximum Gasteiger partial charge on any atom is 0.180 e. The summed E-state index contributed by atoms with van der Waals surface area (Å²) < 4.78 is 10.5. The fraction of sp³-hybridized carbons (Fsp3) is 0.462. The van der Waals surface area contributed by atoms with E-state index < -0.39 is 0 Å². The highest BCUT2D eigenvalue weighted by molar-refractivity contribution is 5.85. The highest BCUT2D eigenvalue weighted by Gasteiger charge is 1.97. The second kappa shape index (κ2) is 10.1. The summed E-state index contributed by atoms with van der Waals surface area (Å²) in [7, 11) is 0. The lowest BCUT2D eigenvalue weighted by Gasteiger charge is -2.05. The summed E-state index contributed by atoms with van der Waals surface area (Å²) in [5.74, 6) is 0.353. The number of nitrogens with one attached hydrogen (secondary N) is 1. The third-order valence-electron chi connectivity index (χ3n) is 2.12. The fourth-order valence-corrected chi connectivity index (χ4v) is 1.35. The lowest BCUT2D eigenvalue weighted by Crippen LogP contribution is -2.04. The van der Waals surface area contributed by atoms with E-state index in [1.165, 1.54) is 5.56 Å². The van der Waals surface area contributed by atoms with Crippen molar-refractivity contribution in [2.75, 3.05) is 13.2 Å². The van der Waals surface area contributed by atoms with Gasteiger partial charge in [0.1, 0.15) is 0 Å². The molecule has 0 aliphatic rings. The van der Waals surface area contributed by atoms with E-state index in [2.05, 4.69) is 0 Å². The van der Waals surface area contributed by atoms with Crippen LogP contribution in [0.1, 0.15) is 25.3 Å². The molecule has 0 saturated carbocycles. The number of hydrogen-bond donors (Lipinski definition) is 1. The van der Waals surface area contributed by atoms with Crippen LogP contribution in [0.5, 0.6) is 0 Å². The third kappa shape index (κ3) is 7.77. The maximum atomic E-state index is 7.41. The monoisotopic (exact) mass is 257 g/mol. The van der Waals surface area contributed by atoms with Gasteiger partial charge in [-0.05, 0) is 18.9 Å². The quantitative estimate of drug-likeness (QED) is 0.462. The van der Waals surface area contributed by atoms with Crippen molar-refractivity contribution in [1.29, 1.82) is 5.41 Å². The highest BCUT2D eigenvalue weighted by Crippen LogP contribution is 2.02. The van der Waals surface area contributed by atoms with Crippen LogP contribution in [0.15, 0.2) is 30.3 Å². The average molecular weight is 258 g/mol. The van der Waals surface area contributed by atoms with Crippen molar-refractivity contribution in [2.45, 2.75) is 26.4 Å². The second-order valence-corrected chi connectivity index (χ2v) is 3.50. The van der Waals surface area contributed by atoms with E-state index in [1.54, 1.807) is 0 Å². The van der Waals surface area contributed by atoms with Gasteiger partial charge in [0, 0.05) is 13.0 Å². The minimum Gasteiger partial charge on any atom is -0.481 e. The van der Waals surface area contributed by atoms with Gasteiger partial charge in [0.15, 0.2) is 5.90 Å². The number of hydrogen-bond acceptors (Lipinski definition) is 3. The molecule has 1 aromatic carbocycles. The first-order valence-electron chi connectivity index (χ1n) is 5.65. The van der Waals surface area contributed by atoms with Gasteiger partial charge < -0.3 is 9.47 Å². The SMILES string of the molecule is CCOC(=N)CCCOCc1ccccc1.Cl. The van der Waals surface area contributed by atoms with Crippen molar-refractivity contribution < 1.29 is 9.47 Å². The zero-order chi connectivity index (χ0) is 11.6. The van der Waals surface area contributed by atoms with Crippen molar-refractivity contribution in [1.82, 2.24) is 0 Å². The van der Waals surface area contributed by atoms with Crippen molar-refractivity contribution in [3.05, 3.63) is 35.9 Å². The first kappa shape index (κ1) is 15.9. The van der Waals surface area contributed by atoms with Crippen LogP contribution >= 0.6 is 12.4 Å². The zero-order valence-electron chi connectivity index (χ0n) is 10.1. The summed E-state index contributed by atoms with van der Waals surface area (Å²) in [5, 5.41) is 7.41.